The minimum absolute atomic E-state index is 0.140. The Balaban J connectivity index is 1.70. The van der Waals surface area contributed by atoms with Crippen LogP contribution in [-0.4, -0.2) is 26.5 Å². The molecule has 7 nitrogen and oxygen atoms in total. The quantitative estimate of drug-likeness (QED) is 0.277. The molecule has 4 aromatic rings. The van der Waals surface area contributed by atoms with Crippen molar-refractivity contribution in [2.24, 2.45) is 0 Å². The lowest BCUT2D eigenvalue weighted by molar-refractivity contribution is 0.316. The first-order valence-corrected chi connectivity index (χ1v) is 10.5. The number of nitriles is 1. The van der Waals surface area contributed by atoms with E-state index in [0.29, 0.717) is 29.3 Å². The molecular weight excluding hydrogens is 445 g/mol. The summed E-state index contributed by atoms with van der Waals surface area (Å²) in [5, 5.41) is 9.61. The van der Waals surface area contributed by atoms with Crippen LogP contribution in [0, 0.1) is 31.0 Å². The van der Waals surface area contributed by atoms with Crippen LogP contribution in [0.4, 0.5) is 4.39 Å². The third-order valence-corrected chi connectivity index (χ3v) is 5.12. The highest BCUT2D eigenvalue weighted by molar-refractivity contribution is 6.28. The molecule has 0 aliphatic rings. The number of aryl methyl sites for hydroxylation is 2. The number of ether oxygens (including phenoxy) is 2. The highest BCUT2D eigenvalue weighted by atomic mass is 35.5. The van der Waals surface area contributed by atoms with Crippen LogP contribution in [0.15, 0.2) is 36.5 Å². The molecule has 2 aromatic carbocycles. The lowest BCUT2D eigenvalue weighted by Gasteiger charge is -2.12. The Hall–Kier alpha value is -3.96. The summed E-state index contributed by atoms with van der Waals surface area (Å²) < 4.78 is 25.2. The fourth-order valence-corrected chi connectivity index (χ4v) is 3.32. The number of fused-ring (bicyclic) bond motifs is 1. The number of H-pyrrole nitrogens is 1. The van der Waals surface area contributed by atoms with Gasteiger partial charge in [0.2, 0.25) is 11.1 Å². The lowest BCUT2D eigenvalue weighted by atomic mass is 10.1. The summed E-state index contributed by atoms with van der Waals surface area (Å²) in [6.07, 6.45) is 2.61. The first-order valence-electron chi connectivity index (χ1n) is 10.1. The molecule has 0 atom stereocenters. The van der Waals surface area contributed by atoms with E-state index in [4.69, 9.17) is 21.1 Å². The molecule has 0 radical (unpaired) electrons. The number of hydrogen-bond donors (Lipinski definition) is 1. The van der Waals surface area contributed by atoms with Gasteiger partial charge in [-0.1, -0.05) is 6.07 Å². The Morgan fingerprint density at radius 1 is 1.18 bits per heavy atom. The minimum atomic E-state index is -0.757. The molecule has 0 bridgehead atoms. The van der Waals surface area contributed by atoms with E-state index in [9.17, 15) is 9.65 Å². The van der Waals surface area contributed by atoms with Crippen LogP contribution in [0.25, 0.3) is 22.7 Å². The molecule has 0 spiro atoms. The second-order valence-corrected chi connectivity index (χ2v) is 7.58. The van der Waals surface area contributed by atoms with Gasteiger partial charge in [-0.05, 0) is 79.4 Å². The van der Waals surface area contributed by atoms with Crippen LogP contribution in [-0.2, 0) is 0 Å². The summed E-state index contributed by atoms with van der Waals surface area (Å²) >= 11 is 5.74. The summed E-state index contributed by atoms with van der Waals surface area (Å²) in [7, 11) is 0. The van der Waals surface area contributed by atoms with Crippen molar-refractivity contribution in [3.05, 3.63) is 70.1 Å². The van der Waals surface area contributed by atoms with Crippen molar-refractivity contribution in [3.8, 4) is 23.4 Å². The van der Waals surface area contributed by atoms with E-state index in [1.807, 2.05) is 32.9 Å². The number of nitrogens with one attached hydrogen (secondary N) is 1. The van der Waals surface area contributed by atoms with E-state index in [-0.39, 0.29) is 16.9 Å². The Bertz CT molecular complexity index is 1390. The third kappa shape index (κ3) is 4.78. The summed E-state index contributed by atoms with van der Waals surface area (Å²) in [4.78, 5) is 15.1. The van der Waals surface area contributed by atoms with E-state index >= 15 is 0 Å². The maximum absolute atomic E-state index is 14.0. The maximum atomic E-state index is 14.0. The smallest absolute Gasteiger partial charge is 0.260 e. The van der Waals surface area contributed by atoms with Gasteiger partial charge in [0.1, 0.15) is 11.9 Å². The van der Waals surface area contributed by atoms with Crippen molar-refractivity contribution in [1.82, 2.24) is 19.9 Å². The van der Waals surface area contributed by atoms with Crippen molar-refractivity contribution in [1.29, 1.82) is 5.26 Å². The molecule has 0 unspecified atom stereocenters. The molecule has 0 saturated heterocycles. The van der Waals surface area contributed by atoms with Gasteiger partial charge >= 0.3 is 0 Å². The lowest BCUT2D eigenvalue weighted by Crippen LogP contribution is -1.99. The predicted octanol–water partition coefficient (Wildman–Crippen LogP) is 6.02. The molecule has 2 aromatic heterocycles. The monoisotopic (exact) mass is 463 g/mol. The van der Waals surface area contributed by atoms with E-state index in [1.165, 1.54) is 0 Å². The average Bonchev–Trinajstić information content (AvgIpc) is 3.19. The zero-order valence-corrected chi connectivity index (χ0v) is 18.9. The average molecular weight is 464 g/mol. The molecule has 9 heteroatoms. The van der Waals surface area contributed by atoms with Gasteiger partial charge < -0.3 is 14.5 Å². The molecule has 1 N–H and O–H groups in total. The number of aromatic amines is 1. The highest BCUT2D eigenvalue weighted by Gasteiger charge is 2.14. The number of hydrogen-bond acceptors (Lipinski definition) is 6. The summed E-state index contributed by atoms with van der Waals surface area (Å²) in [6.45, 7) is 6.21. The highest BCUT2D eigenvalue weighted by Crippen LogP contribution is 2.34. The van der Waals surface area contributed by atoms with Gasteiger partial charge in [0.15, 0.2) is 11.5 Å². The van der Waals surface area contributed by atoms with Crippen LogP contribution >= 0.6 is 11.6 Å². The number of aromatic nitrogens is 4. The van der Waals surface area contributed by atoms with E-state index in [2.05, 4.69) is 26.0 Å². The van der Waals surface area contributed by atoms with Crippen LogP contribution in [0.1, 0.15) is 29.4 Å². The zero-order valence-electron chi connectivity index (χ0n) is 18.1. The van der Waals surface area contributed by atoms with E-state index in [1.54, 1.807) is 24.3 Å². The van der Waals surface area contributed by atoms with E-state index < -0.39 is 5.82 Å². The zero-order chi connectivity index (χ0) is 23.5. The maximum Gasteiger partial charge on any atom is 0.260 e. The van der Waals surface area contributed by atoms with Gasteiger partial charge in [0.25, 0.3) is 5.88 Å². The van der Waals surface area contributed by atoms with Crippen molar-refractivity contribution in [2.45, 2.75) is 20.8 Å². The number of nitrogens with zero attached hydrogens (tertiary/aromatic N) is 4. The SMILES string of the molecule is CCOc1cc(/C=C(\C#N)c2nc3cc(C)c(C)cc3[nH]2)ccc1Oc1nc(Cl)ncc1F. The minimum Gasteiger partial charge on any atom is -0.490 e. The van der Waals surface area contributed by atoms with E-state index in [0.717, 1.165) is 28.4 Å². The number of rotatable bonds is 6. The number of benzene rings is 2. The molecule has 2 heterocycles. The van der Waals surface area contributed by atoms with Crippen molar-refractivity contribution < 1.29 is 13.9 Å². The van der Waals surface area contributed by atoms with Crippen molar-refractivity contribution in [2.75, 3.05) is 6.61 Å². The van der Waals surface area contributed by atoms with Crippen molar-refractivity contribution >= 4 is 34.3 Å². The second kappa shape index (κ2) is 9.27. The molecule has 0 aliphatic heterocycles. The topological polar surface area (TPSA) is 96.7 Å². The second-order valence-electron chi connectivity index (χ2n) is 7.24. The fourth-order valence-electron chi connectivity index (χ4n) is 3.19. The van der Waals surface area contributed by atoms with Gasteiger partial charge in [-0.2, -0.15) is 14.6 Å². The summed E-state index contributed by atoms with van der Waals surface area (Å²) in [5.74, 6) is -0.00403. The molecular formula is C24H19ClFN5O2. The summed E-state index contributed by atoms with van der Waals surface area (Å²) in [6, 6.07) is 11.2. The van der Waals surface area contributed by atoms with Crippen LogP contribution in [0.3, 0.4) is 0 Å². The first-order chi connectivity index (χ1) is 15.9. The van der Waals surface area contributed by atoms with Crippen LogP contribution in [0.5, 0.6) is 17.4 Å². The normalized spacial score (nSPS) is 11.5. The van der Waals surface area contributed by atoms with Crippen LogP contribution < -0.4 is 9.47 Å². The Morgan fingerprint density at radius 3 is 2.73 bits per heavy atom. The molecule has 0 fully saturated rings. The Morgan fingerprint density at radius 2 is 1.97 bits per heavy atom. The Labute approximate surface area is 194 Å². The Kier molecular flexibility index (Phi) is 6.24. The standard InChI is InChI=1S/C24H19ClFN5O2/c1-4-32-21-10-15(5-6-20(21)33-23-17(26)12-28-24(25)31-23)9-16(11-27)22-29-18-7-13(2)14(3)8-19(18)30-22/h5-10,12H,4H2,1-3H3,(H,29,30)/b16-9+. The first kappa shape index (κ1) is 22.2. The van der Waals surface area contributed by atoms with Gasteiger partial charge in [-0.25, -0.2) is 9.97 Å². The van der Waals surface area contributed by atoms with Crippen molar-refractivity contribution in [3.63, 3.8) is 0 Å². The van der Waals surface area contributed by atoms with Gasteiger partial charge in [-0.3, -0.25) is 0 Å². The number of halogens is 2. The molecule has 4 rings (SSSR count). The molecule has 0 saturated carbocycles. The van der Waals surface area contributed by atoms with Gasteiger partial charge in [-0.15, -0.1) is 0 Å². The number of imidazole rings is 1. The molecule has 0 amide bonds. The number of allylic oxidation sites excluding steroid dienone is 1. The largest absolute Gasteiger partial charge is 0.490 e. The predicted molar refractivity (Wildman–Crippen MR) is 124 cm³/mol. The fraction of sp³-hybridized carbons (Fsp3) is 0.167. The van der Waals surface area contributed by atoms with Gasteiger partial charge in [0, 0.05) is 0 Å². The van der Waals surface area contributed by atoms with Crippen LogP contribution in [0.2, 0.25) is 5.28 Å². The summed E-state index contributed by atoms with van der Waals surface area (Å²) in [5.41, 5.74) is 4.94. The molecule has 33 heavy (non-hydrogen) atoms. The molecule has 0 aliphatic carbocycles. The molecule has 166 valence electrons. The third-order valence-electron chi connectivity index (χ3n) is 4.94. The van der Waals surface area contributed by atoms with Gasteiger partial charge in [0.05, 0.1) is 29.4 Å².